The molecule has 0 saturated carbocycles. The molecule has 0 N–H and O–H groups in total. The van der Waals surface area contributed by atoms with Crippen molar-refractivity contribution in [3.63, 3.8) is 0 Å². The number of fused-ring (bicyclic) bond motifs is 1. The highest BCUT2D eigenvalue weighted by Crippen LogP contribution is 2.37. The molecule has 0 unspecified atom stereocenters. The number of rotatable bonds is 4. The van der Waals surface area contributed by atoms with E-state index >= 15 is 0 Å². The monoisotopic (exact) mass is 363 g/mol. The van der Waals surface area contributed by atoms with Crippen molar-refractivity contribution in [2.24, 2.45) is 0 Å². The van der Waals surface area contributed by atoms with Gasteiger partial charge in [0.2, 0.25) is 0 Å². The summed E-state index contributed by atoms with van der Waals surface area (Å²) >= 11 is 1.78. The molecule has 0 aliphatic carbocycles. The van der Waals surface area contributed by atoms with E-state index in [0.29, 0.717) is 0 Å². The van der Waals surface area contributed by atoms with E-state index < -0.39 is 0 Å². The quantitative estimate of drug-likeness (QED) is 0.677. The van der Waals surface area contributed by atoms with Crippen molar-refractivity contribution in [3.8, 4) is 5.75 Å². The van der Waals surface area contributed by atoms with Gasteiger partial charge in [-0.05, 0) is 53.6 Å². The van der Waals surface area contributed by atoms with Gasteiger partial charge in [0.1, 0.15) is 5.75 Å². The van der Waals surface area contributed by atoms with Gasteiger partial charge in [-0.25, -0.2) is 0 Å². The molecule has 0 radical (unpaired) electrons. The maximum absolute atomic E-state index is 13.0. The summed E-state index contributed by atoms with van der Waals surface area (Å²) in [7, 11) is 0. The zero-order chi connectivity index (χ0) is 17.9. The molecule has 0 saturated heterocycles. The maximum atomic E-state index is 13.0. The number of carbonyl (C=O) groups is 1. The molecule has 3 nitrogen and oxygen atoms in total. The average molecular weight is 363 g/mol. The van der Waals surface area contributed by atoms with Crippen LogP contribution in [-0.4, -0.2) is 24.0 Å². The van der Waals surface area contributed by atoms with Gasteiger partial charge in [0.05, 0.1) is 6.04 Å². The molecule has 4 heteroatoms. The van der Waals surface area contributed by atoms with Crippen molar-refractivity contribution in [1.82, 2.24) is 4.90 Å². The van der Waals surface area contributed by atoms with Crippen molar-refractivity contribution < 1.29 is 9.53 Å². The molecular weight excluding hydrogens is 342 g/mol. The molecule has 1 atom stereocenters. The van der Waals surface area contributed by atoms with Crippen molar-refractivity contribution in [1.29, 1.82) is 0 Å². The van der Waals surface area contributed by atoms with Crippen molar-refractivity contribution >= 4 is 17.2 Å². The third-order valence-electron chi connectivity index (χ3n) is 4.75. The third-order valence-corrected chi connectivity index (χ3v) is 5.75. The zero-order valence-corrected chi connectivity index (χ0v) is 15.5. The Labute approximate surface area is 157 Å². The summed E-state index contributed by atoms with van der Waals surface area (Å²) < 4.78 is 5.77. The number of amides is 1. The SMILES string of the molecule is Cc1cccc(OCC(=O)N2CCc3sccc3[C@H]2c2ccccc2)c1. The van der Waals surface area contributed by atoms with E-state index in [9.17, 15) is 4.79 Å². The minimum Gasteiger partial charge on any atom is -0.484 e. The molecule has 2 heterocycles. The van der Waals surface area contributed by atoms with E-state index in [2.05, 4.69) is 23.6 Å². The lowest BCUT2D eigenvalue weighted by Gasteiger charge is -2.36. The Morgan fingerprint density at radius 3 is 2.81 bits per heavy atom. The van der Waals surface area contributed by atoms with Crippen LogP contribution < -0.4 is 4.74 Å². The van der Waals surface area contributed by atoms with E-state index in [0.717, 1.165) is 29.8 Å². The standard InChI is InChI=1S/C22H21NO2S/c1-16-6-5-9-18(14-16)25-15-21(24)23-12-10-20-19(11-13-26-20)22(23)17-7-3-2-4-8-17/h2-9,11,13-14,22H,10,12,15H2,1H3/t22-/m1/s1. The second-order valence-electron chi connectivity index (χ2n) is 6.55. The van der Waals surface area contributed by atoms with Gasteiger partial charge < -0.3 is 9.64 Å². The van der Waals surface area contributed by atoms with Crippen molar-refractivity contribution in [2.45, 2.75) is 19.4 Å². The lowest BCUT2D eigenvalue weighted by atomic mass is 9.93. The van der Waals surface area contributed by atoms with Gasteiger partial charge in [-0.1, -0.05) is 42.5 Å². The van der Waals surface area contributed by atoms with Crippen LogP contribution in [0.15, 0.2) is 66.0 Å². The van der Waals surface area contributed by atoms with Gasteiger partial charge in [-0.15, -0.1) is 11.3 Å². The van der Waals surface area contributed by atoms with Crippen LogP contribution in [0.5, 0.6) is 5.75 Å². The number of hydrogen-bond acceptors (Lipinski definition) is 3. The lowest BCUT2D eigenvalue weighted by Crippen LogP contribution is -2.42. The van der Waals surface area contributed by atoms with Gasteiger partial charge in [0.25, 0.3) is 5.91 Å². The molecule has 26 heavy (non-hydrogen) atoms. The highest BCUT2D eigenvalue weighted by molar-refractivity contribution is 7.10. The molecule has 0 bridgehead atoms. The molecule has 1 aromatic heterocycles. The van der Waals surface area contributed by atoms with E-state index in [-0.39, 0.29) is 18.6 Å². The van der Waals surface area contributed by atoms with E-state index in [1.165, 1.54) is 10.4 Å². The Balaban J connectivity index is 1.57. The number of carbonyl (C=O) groups excluding carboxylic acids is 1. The molecule has 0 spiro atoms. The predicted octanol–water partition coefficient (Wildman–Crippen LogP) is 4.61. The van der Waals surface area contributed by atoms with Gasteiger partial charge in [-0.2, -0.15) is 0 Å². The Morgan fingerprint density at radius 1 is 1.15 bits per heavy atom. The highest BCUT2D eigenvalue weighted by atomic mass is 32.1. The summed E-state index contributed by atoms with van der Waals surface area (Å²) in [6, 6.07) is 20.2. The molecule has 132 valence electrons. The number of ether oxygens (including phenoxy) is 1. The second-order valence-corrected chi connectivity index (χ2v) is 7.56. The van der Waals surface area contributed by atoms with Gasteiger partial charge >= 0.3 is 0 Å². The molecule has 0 fully saturated rings. The largest absolute Gasteiger partial charge is 0.484 e. The fourth-order valence-corrected chi connectivity index (χ4v) is 4.42. The summed E-state index contributed by atoms with van der Waals surface area (Å²) in [5.41, 5.74) is 3.52. The average Bonchev–Trinajstić information content (AvgIpc) is 3.15. The topological polar surface area (TPSA) is 29.5 Å². The first-order valence-electron chi connectivity index (χ1n) is 8.82. The number of nitrogens with zero attached hydrogens (tertiary/aromatic N) is 1. The Morgan fingerprint density at radius 2 is 2.00 bits per heavy atom. The fraction of sp³-hybridized carbons (Fsp3) is 0.227. The van der Waals surface area contributed by atoms with Crippen LogP contribution in [0, 0.1) is 6.92 Å². The summed E-state index contributed by atoms with van der Waals surface area (Å²) in [6.45, 7) is 2.80. The van der Waals surface area contributed by atoms with E-state index in [1.54, 1.807) is 11.3 Å². The molecule has 1 aliphatic rings. The van der Waals surface area contributed by atoms with Crippen LogP contribution in [0.1, 0.15) is 27.6 Å². The second kappa shape index (κ2) is 7.34. The summed E-state index contributed by atoms with van der Waals surface area (Å²) in [6.07, 6.45) is 0.909. The fourth-order valence-electron chi connectivity index (χ4n) is 3.51. The van der Waals surface area contributed by atoms with Gasteiger partial charge in [0.15, 0.2) is 6.61 Å². The van der Waals surface area contributed by atoms with E-state index in [1.807, 2.05) is 54.3 Å². The Bertz CT molecular complexity index is 903. The van der Waals surface area contributed by atoms with Crippen LogP contribution in [-0.2, 0) is 11.2 Å². The van der Waals surface area contributed by atoms with E-state index in [4.69, 9.17) is 4.74 Å². The number of benzene rings is 2. The number of thiophene rings is 1. The lowest BCUT2D eigenvalue weighted by molar-refractivity contribution is -0.135. The van der Waals surface area contributed by atoms with Crippen LogP contribution in [0.25, 0.3) is 0 Å². The van der Waals surface area contributed by atoms with Crippen LogP contribution in [0.3, 0.4) is 0 Å². The smallest absolute Gasteiger partial charge is 0.261 e. The number of hydrogen-bond donors (Lipinski definition) is 0. The summed E-state index contributed by atoms with van der Waals surface area (Å²) in [5, 5.41) is 2.12. The molecular formula is C22H21NO2S. The maximum Gasteiger partial charge on any atom is 0.261 e. The number of aryl methyl sites for hydroxylation is 1. The first-order valence-corrected chi connectivity index (χ1v) is 9.70. The van der Waals surface area contributed by atoms with Crippen LogP contribution in [0.4, 0.5) is 0 Å². The first-order chi connectivity index (χ1) is 12.7. The minimum atomic E-state index is -0.0280. The van der Waals surface area contributed by atoms with Crippen LogP contribution >= 0.6 is 11.3 Å². The summed E-state index contributed by atoms with van der Waals surface area (Å²) in [4.78, 5) is 16.3. The first kappa shape index (κ1) is 16.9. The Hall–Kier alpha value is -2.59. The van der Waals surface area contributed by atoms with Gasteiger partial charge in [0, 0.05) is 11.4 Å². The zero-order valence-electron chi connectivity index (χ0n) is 14.7. The molecule has 1 amide bonds. The van der Waals surface area contributed by atoms with Crippen LogP contribution in [0.2, 0.25) is 0 Å². The minimum absolute atomic E-state index is 0.0252. The Kier molecular flexibility index (Phi) is 4.76. The van der Waals surface area contributed by atoms with Crippen molar-refractivity contribution in [2.75, 3.05) is 13.2 Å². The summed E-state index contributed by atoms with van der Waals surface area (Å²) in [5.74, 6) is 0.764. The van der Waals surface area contributed by atoms with Gasteiger partial charge in [-0.3, -0.25) is 4.79 Å². The van der Waals surface area contributed by atoms with Crippen molar-refractivity contribution in [3.05, 3.63) is 87.6 Å². The molecule has 4 rings (SSSR count). The third kappa shape index (κ3) is 3.37. The molecule has 3 aromatic rings. The molecule has 2 aromatic carbocycles. The predicted molar refractivity (Wildman–Crippen MR) is 105 cm³/mol. The normalized spacial score (nSPS) is 16.2. The highest BCUT2D eigenvalue weighted by Gasteiger charge is 2.32. The molecule has 1 aliphatic heterocycles.